The first kappa shape index (κ1) is 24.3. The number of benzene rings is 2. The summed E-state index contributed by atoms with van der Waals surface area (Å²) >= 11 is 4.96. The maximum atomic E-state index is 14.0. The highest BCUT2D eigenvalue weighted by Gasteiger charge is 2.22. The van der Waals surface area contributed by atoms with Crippen molar-refractivity contribution in [3.63, 3.8) is 0 Å². The van der Waals surface area contributed by atoms with Crippen molar-refractivity contribution in [1.29, 1.82) is 0 Å². The summed E-state index contributed by atoms with van der Waals surface area (Å²) < 4.78 is 12.7. The normalized spacial score (nSPS) is 14.6. The quantitative estimate of drug-likeness (QED) is 0.304. The molecule has 5 aromatic rings. The lowest BCUT2D eigenvalue weighted by atomic mass is 10.2. The van der Waals surface area contributed by atoms with E-state index in [0.717, 1.165) is 39.9 Å². The summed E-state index contributed by atoms with van der Waals surface area (Å²) in [4.78, 5) is 34.4. The van der Waals surface area contributed by atoms with Gasteiger partial charge in [0.1, 0.15) is 0 Å². The highest BCUT2D eigenvalue weighted by molar-refractivity contribution is 9.10. The standard InChI is InChI=1S/C27H26BrN5O3S/c1-18-25-22(16-24(34)31(18)11-10-30-12-14-36-15-13-30)32(17-19-6-8-20(28)9-7-19)33(26(25)35)27-29-21-4-2-3-5-23(21)37-27/h2-9,16H,10-15,17H2,1H3. The summed E-state index contributed by atoms with van der Waals surface area (Å²) in [6.45, 7) is 6.68. The van der Waals surface area contributed by atoms with E-state index in [1.807, 2.05) is 60.1 Å². The number of hydrogen-bond donors (Lipinski definition) is 0. The molecular formula is C27H26BrN5O3S. The molecule has 0 bridgehead atoms. The molecule has 0 atom stereocenters. The lowest BCUT2D eigenvalue weighted by molar-refractivity contribution is 0.0362. The molecule has 2 aromatic carbocycles. The van der Waals surface area contributed by atoms with Crippen LogP contribution >= 0.6 is 27.3 Å². The van der Waals surface area contributed by atoms with Gasteiger partial charge in [0.2, 0.25) is 5.13 Å². The molecule has 0 spiro atoms. The van der Waals surface area contributed by atoms with Crippen molar-refractivity contribution in [2.24, 2.45) is 0 Å². The number of para-hydroxylation sites is 1. The summed E-state index contributed by atoms with van der Waals surface area (Å²) in [5.41, 5.74) is 2.90. The van der Waals surface area contributed by atoms with Crippen LogP contribution in [0.2, 0.25) is 0 Å². The van der Waals surface area contributed by atoms with Gasteiger partial charge in [-0.2, -0.15) is 4.68 Å². The first-order valence-electron chi connectivity index (χ1n) is 12.3. The lowest BCUT2D eigenvalue weighted by Crippen LogP contribution is -2.39. The molecule has 0 unspecified atom stereocenters. The van der Waals surface area contributed by atoms with Gasteiger partial charge in [-0.1, -0.05) is 51.5 Å². The molecule has 1 fully saturated rings. The van der Waals surface area contributed by atoms with Crippen molar-refractivity contribution >= 4 is 48.4 Å². The van der Waals surface area contributed by atoms with Crippen molar-refractivity contribution < 1.29 is 4.74 Å². The van der Waals surface area contributed by atoms with E-state index in [1.54, 1.807) is 15.3 Å². The molecule has 1 aliphatic rings. The monoisotopic (exact) mass is 579 g/mol. The third kappa shape index (κ3) is 4.59. The fraction of sp³-hybridized carbons (Fsp3) is 0.296. The van der Waals surface area contributed by atoms with Gasteiger partial charge in [-0.15, -0.1) is 0 Å². The van der Waals surface area contributed by atoms with Gasteiger partial charge >= 0.3 is 0 Å². The third-order valence-electron chi connectivity index (χ3n) is 6.93. The van der Waals surface area contributed by atoms with Crippen LogP contribution in [-0.2, 0) is 17.8 Å². The Kier molecular flexibility index (Phi) is 6.58. The number of aryl methyl sites for hydroxylation is 1. The topological polar surface area (TPSA) is 74.3 Å². The second kappa shape index (κ2) is 10.0. The van der Waals surface area contributed by atoms with Crippen LogP contribution in [0.25, 0.3) is 26.3 Å². The lowest BCUT2D eigenvalue weighted by Gasteiger charge is -2.27. The average molecular weight is 581 g/mol. The molecule has 10 heteroatoms. The first-order chi connectivity index (χ1) is 18.0. The van der Waals surface area contributed by atoms with Gasteiger partial charge in [-0.05, 0) is 36.8 Å². The summed E-state index contributed by atoms with van der Waals surface area (Å²) in [5.74, 6) is 0. The molecule has 4 heterocycles. The zero-order valence-corrected chi connectivity index (χ0v) is 22.8. The Morgan fingerprint density at radius 3 is 2.54 bits per heavy atom. The summed E-state index contributed by atoms with van der Waals surface area (Å²) in [7, 11) is 0. The molecule has 1 aliphatic heterocycles. The smallest absolute Gasteiger partial charge is 0.283 e. The fourth-order valence-electron chi connectivity index (χ4n) is 4.95. The molecule has 6 rings (SSSR count). The van der Waals surface area contributed by atoms with Crippen LogP contribution in [0.4, 0.5) is 0 Å². The second-order valence-electron chi connectivity index (χ2n) is 9.20. The van der Waals surface area contributed by atoms with Gasteiger partial charge in [0.15, 0.2) is 0 Å². The Hall–Kier alpha value is -3.05. The molecule has 3 aromatic heterocycles. The van der Waals surface area contributed by atoms with E-state index >= 15 is 0 Å². The van der Waals surface area contributed by atoms with Gasteiger partial charge < -0.3 is 9.30 Å². The maximum Gasteiger partial charge on any atom is 0.283 e. The zero-order valence-electron chi connectivity index (χ0n) is 20.4. The van der Waals surface area contributed by atoms with Crippen molar-refractivity contribution in [1.82, 2.24) is 23.8 Å². The zero-order chi connectivity index (χ0) is 25.5. The Bertz CT molecular complexity index is 1680. The van der Waals surface area contributed by atoms with E-state index in [2.05, 4.69) is 20.8 Å². The van der Waals surface area contributed by atoms with E-state index in [9.17, 15) is 9.59 Å². The van der Waals surface area contributed by atoms with Crippen LogP contribution in [0.1, 0.15) is 11.3 Å². The van der Waals surface area contributed by atoms with Crippen molar-refractivity contribution in [2.75, 3.05) is 32.8 Å². The number of ether oxygens (including phenoxy) is 1. The van der Waals surface area contributed by atoms with Gasteiger partial charge in [0.25, 0.3) is 11.1 Å². The van der Waals surface area contributed by atoms with E-state index in [1.165, 1.54) is 11.3 Å². The van der Waals surface area contributed by atoms with Crippen LogP contribution in [0.3, 0.4) is 0 Å². The van der Waals surface area contributed by atoms with Crippen LogP contribution < -0.4 is 11.1 Å². The largest absolute Gasteiger partial charge is 0.379 e. The number of fused-ring (bicyclic) bond motifs is 2. The predicted molar refractivity (Wildman–Crippen MR) is 150 cm³/mol. The number of pyridine rings is 1. The van der Waals surface area contributed by atoms with Crippen LogP contribution in [0.15, 0.2) is 68.7 Å². The average Bonchev–Trinajstić information content (AvgIpc) is 3.44. The van der Waals surface area contributed by atoms with Crippen LogP contribution in [-0.4, -0.2) is 56.7 Å². The molecule has 190 valence electrons. The summed E-state index contributed by atoms with van der Waals surface area (Å²) in [6, 6.07) is 17.4. The van der Waals surface area contributed by atoms with Gasteiger partial charge in [-0.25, -0.2) is 4.98 Å². The van der Waals surface area contributed by atoms with Gasteiger partial charge in [0, 0.05) is 42.4 Å². The van der Waals surface area contributed by atoms with E-state index in [0.29, 0.717) is 48.0 Å². The molecule has 0 amide bonds. The fourth-order valence-corrected chi connectivity index (χ4v) is 6.19. The number of hydrogen-bond acceptors (Lipinski definition) is 6. The number of rotatable bonds is 6. The number of nitrogens with zero attached hydrogens (tertiary/aromatic N) is 5. The Morgan fingerprint density at radius 1 is 1.03 bits per heavy atom. The minimum absolute atomic E-state index is 0.107. The molecule has 0 aliphatic carbocycles. The van der Waals surface area contributed by atoms with E-state index in [-0.39, 0.29) is 11.1 Å². The Balaban J connectivity index is 1.51. The summed E-state index contributed by atoms with van der Waals surface area (Å²) in [5, 5.41) is 1.14. The SMILES string of the molecule is Cc1c2c(=O)n(-c3nc4ccccc4s3)n(Cc3ccc(Br)cc3)c2cc(=O)n1CCN1CCOCC1. The number of morpholine rings is 1. The minimum atomic E-state index is -0.163. The van der Waals surface area contributed by atoms with Crippen molar-refractivity contribution in [2.45, 2.75) is 20.0 Å². The van der Waals surface area contributed by atoms with E-state index < -0.39 is 0 Å². The van der Waals surface area contributed by atoms with Gasteiger partial charge in [0.05, 0.1) is 40.9 Å². The highest BCUT2D eigenvalue weighted by Crippen LogP contribution is 2.26. The summed E-state index contributed by atoms with van der Waals surface area (Å²) in [6.07, 6.45) is 0. The molecule has 0 radical (unpaired) electrons. The second-order valence-corrected chi connectivity index (χ2v) is 11.1. The van der Waals surface area contributed by atoms with Crippen molar-refractivity contribution in [3.8, 4) is 5.13 Å². The molecule has 8 nitrogen and oxygen atoms in total. The third-order valence-corrected chi connectivity index (χ3v) is 8.47. The Morgan fingerprint density at radius 2 is 1.78 bits per heavy atom. The van der Waals surface area contributed by atoms with E-state index in [4.69, 9.17) is 9.72 Å². The number of thiazole rings is 1. The maximum absolute atomic E-state index is 14.0. The van der Waals surface area contributed by atoms with Crippen LogP contribution in [0.5, 0.6) is 0 Å². The first-order valence-corrected chi connectivity index (χ1v) is 13.9. The van der Waals surface area contributed by atoms with Crippen LogP contribution in [0, 0.1) is 6.92 Å². The van der Waals surface area contributed by atoms with Crippen molar-refractivity contribution in [3.05, 3.63) is 91.0 Å². The Labute approximate surface area is 225 Å². The molecule has 0 saturated carbocycles. The predicted octanol–water partition coefficient (Wildman–Crippen LogP) is 4.02. The minimum Gasteiger partial charge on any atom is -0.379 e. The van der Waals surface area contributed by atoms with Gasteiger partial charge in [-0.3, -0.25) is 19.2 Å². The number of halogens is 1. The highest BCUT2D eigenvalue weighted by atomic mass is 79.9. The number of aromatic nitrogens is 4. The molecule has 37 heavy (non-hydrogen) atoms. The molecule has 1 saturated heterocycles. The molecule has 0 N–H and O–H groups in total. The molecular weight excluding hydrogens is 554 g/mol.